The van der Waals surface area contributed by atoms with Gasteiger partial charge in [0.2, 0.25) is 5.13 Å². The summed E-state index contributed by atoms with van der Waals surface area (Å²) in [6.45, 7) is 3.89. The topological polar surface area (TPSA) is 57.5 Å². The molecular weight excluding hydrogens is 306 g/mol. The summed E-state index contributed by atoms with van der Waals surface area (Å²) >= 11 is 1.56. The van der Waals surface area contributed by atoms with Crippen molar-refractivity contribution in [1.29, 1.82) is 0 Å². The molecule has 0 aliphatic heterocycles. The molecule has 0 saturated heterocycles. The molecule has 0 aliphatic rings. The van der Waals surface area contributed by atoms with Crippen molar-refractivity contribution in [2.75, 3.05) is 5.43 Å². The van der Waals surface area contributed by atoms with E-state index in [-0.39, 0.29) is 5.75 Å². The third kappa shape index (κ3) is 3.40. The van der Waals surface area contributed by atoms with Crippen LogP contribution < -0.4 is 5.43 Å². The van der Waals surface area contributed by atoms with Crippen LogP contribution in [0.15, 0.2) is 59.7 Å². The second-order valence-corrected chi connectivity index (χ2v) is 6.32. The number of phenols is 1. The first-order chi connectivity index (χ1) is 11.1. The Balaban J connectivity index is 1.82. The Kier molecular flexibility index (Phi) is 4.39. The fourth-order valence-electron chi connectivity index (χ4n) is 2.28. The number of aryl methyl sites for hydroxylation is 1. The lowest BCUT2D eigenvalue weighted by atomic mass is 10.1. The highest BCUT2D eigenvalue weighted by atomic mass is 32.1. The van der Waals surface area contributed by atoms with E-state index in [4.69, 9.17) is 0 Å². The number of hydrogen-bond donors (Lipinski definition) is 2. The molecule has 116 valence electrons. The number of thiazole rings is 1. The van der Waals surface area contributed by atoms with Crippen molar-refractivity contribution in [2.45, 2.75) is 13.8 Å². The van der Waals surface area contributed by atoms with Crippen LogP contribution in [0.1, 0.15) is 17.4 Å². The smallest absolute Gasteiger partial charge is 0.204 e. The lowest BCUT2D eigenvalue weighted by Gasteiger charge is -2.03. The summed E-state index contributed by atoms with van der Waals surface area (Å²) < 4.78 is 0. The third-order valence-corrected chi connectivity index (χ3v) is 4.33. The van der Waals surface area contributed by atoms with E-state index in [9.17, 15) is 5.11 Å². The molecule has 23 heavy (non-hydrogen) atoms. The van der Waals surface area contributed by atoms with Gasteiger partial charge in [0.15, 0.2) is 0 Å². The molecule has 0 fully saturated rings. The third-order valence-electron chi connectivity index (χ3n) is 3.46. The van der Waals surface area contributed by atoms with Crippen LogP contribution >= 0.6 is 11.3 Å². The van der Waals surface area contributed by atoms with Crippen LogP contribution in [-0.2, 0) is 0 Å². The summed E-state index contributed by atoms with van der Waals surface area (Å²) in [5, 5.41) is 14.9. The summed E-state index contributed by atoms with van der Waals surface area (Å²) in [6.07, 6.45) is 0. The molecule has 2 N–H and O–H groups in total. The van der Waals surface area contributed by atoms with Gasteiger partial charge in [-0.25, -0.2) is 4.98 Å². The minimum Gasteiger partial charge on any atom is -0.507 e. The summed E-state index contributed by atoms with van der Waals surface area (Å²) in [5.74, 6) is 0.218. The van der Waals surface area contributed by atoms with Crippen LogP contribution in [0.4, 0.5) is 5.13 Å². The first-order valence-electron chi connectivity index (χ1n) is 7.26. The Hall–Kier alpha value is -2.66. The van der Waals surface area contributed by atoms with Crippen LogP contribution in [-0.4, -0.2) is 15.8 Å². The van der Waals surface area contributed by atoms with Crippen LogP contribution in [0.2, 0.25) is 0 Å². The Morgan fingerprint density at radius 1 is 1.09 bits per heavy atom. The van der Waals surface area contributed by atoms with E-state index in [2.05, 4.69) is 15.5 Å². The maximum atomic E-state index is 9.85. The van der Waals surface area contributed by atoms with Gasteiger partial charge in [0.05, 0.1) is 11.4 Å². The van der Waals surface area contributed by atoms with Gasteiger partial charge in [-0.15, -0.1) is 11.3 Å². The van der Waals surface area contributed by atoms with Crippen molar-refractivity contribution in [3.05, 3.63) is 65.0 Å². The van der Waals surface area contributed by atoms with Gasteiger partial charge in [-0.1, -0.05) is 42.5 Å². The highest BCUT2D eigenvalue weighted by Crippen LogP contribution is 2.30. The number of para-hydroxylation sites is 1. The Labute approximate surface area is 139 Å². The molecule has 0 radical (unpaired) electrons. The predicted octanol–water partition coefficient (Wildman–Crippen LogP) is 4.66. The lowest BCUT2D eigenvalue weighted by Crippen LogP contribution is -1.99. The number of aromatic nitrogens is 1. The van der Waals surface area contributed by atoms with Gasteiger partial charge in [0, 0.05) is 16.0 Å². The van der Waals surface area contributed by atoms with Gasteiger partial charge >= 0.3 is 0 Å². The number of aromatic hydroxyl groups is 1. The van der Waals surface area contributed by atoms with Crippen molar-refractivity contribution in [3.63, 3.8) is 0 Å². The SMILES string of the molecule is CC(=NNc1nc(-c2ccccc2)c(C)s1)c1ccccc1O. The minimum absolute atomic E-state index is 0.218. The van der Waals surface area contributed by atoms with Gasteiger partial charge in [-0.05, 0) is 26.0 Å². The summed E-state index contributed by atoms with van der Waals surface area (Å²) in [6, 6.07) is 17.2. The van der Waals surface area contributed by atoms with E-state index >= 15 is 0 Å². The van der Waals surface area contributed by atoms with Gasteiger partial charge in [0.25, 0.3) is 0 Å². The summed E-state index contributed by atoms with van der Waals surface area (Å²) in [4.78, 5) is 5.74. The molecule has 3 rings (SSSR count). The fourth-order valence-corrected chi connectivity index (χ4v) is 3.06. The number of benzene rings is 2. The van der Waals surface area contributed by atoms with E-state index < -0.39 is 0 Å². The van der Waals surface area contributed by atoms with Crippen LogP contribution in [0, 0.1) is 6.92 Å². The molecule has 0 aliphatic carbocycles. The molecule has 0 amide bonds. The maximum absolute atomic E-state index is 9.85. The fraction of sp³-hybridized carbons (Fsp3) is 0.111. The first kappa shape index (κ1) is 15.2. The second-order valence-electron chi connectivity index (χ2n) is 5.12. The largest absolute Gasteiger partial charge is 0.507 e. The molecule has 0 atom stereocenters. The molecule has 0 unspecified atom stereocenters. The Morgan fingerprint density at radius 3 is 2.52 bits per heavy atom. The Bertz CT molecular complexity index is 840. The van der Waals surface area contributed by atoms with Crippen LogP contribution in [0.3, 0.4) is 0 Å². The highest BCUT2D eigenvalue weighted by Gasteiger charge is 2.09. The minimum atomic E-state index is 0.218. The van der Waals surface area contributed by atoms with E-state index in [0.717, 1.165) is 21.3 Å². The number of nitrogens with one attached hydrogen (secondary N) is 1. The average Bonchev–Trinajstić information content (AvgIpc) is 2.95. The zero-order valence-electron chi connectivity index (χ0n) is 12.9. The quantitative estimate of drug-likeness (QED) is 0.542. The van der Waals surface area contributed by atoms with Crippen molar-refractivity contribution in [1.82, 2.24) is 4.98 Å². The predicted molar refractivity (Wildman–Crippen MR) is 96.2 cm³/mol. The average molecular weight is 323 g/mol. The Morgan fingerprint density at radius 2 is 1.78 bits per heavy atom. The van der Waals surface area contributed by atoms with E-state index in [1.165, 1.54) is 0 Å². The monoisotopic (exact) mass is 323 g/mol. The van der Waals surface area contributed by atoms with Gasteiger partial charge in [0.1, 0.15) is 5.75 Å². The van der Waals surface area contributed by atoms with E-state index in [0.29, 0.717) is 11.3 Å². The van der Waals surface area contributed by atoms with Crippen LogP contribution in [0.5, 0.6) is 5.75 Å². The number of rotatable bonds is 4. The summed E-state index contributed by atoms with van der Waals surface area (Å²) in [5.41, 5.74) is 6.46. The van der Waals surface area contributed by atoms with E-state index in [1.54, 1.807) is 23.5 Å². The first-order valence-corrected chi connectivity index (χ1v) is 8.08. The molecule has 1 heterocycles. The number of anilines is 1. The van der Waals surface area contributed by atoms with E-state index in [1.807, 2.05) is 56.3 Å². The standard InChI is InChI=1S/C18H17N3OS/c1-12(15-10-6-7-11-16(15)22)20-21-18-19-17(13(2)23-18)14-8-4-3-5-9-14/h3-11,22H,1-2H3,(H,19,21). The molecular formula is C18H17N3OS. The molecule has 3 aromatic rings. The molecule has 0 saturated carbocycles. The zero-order chi connectivity index (χ0) is 16.2. The van der Waals surface area contributed by atoms with Crippen molar-refractivity contribution in [2.24, 2.45) is 5.10 Å². The van der Waals surface area contributed by atoms with Crippen molar-refractivity contribution < 1.29 is 5.11 Å². The van der Waals surface area contributed by atoms with Gasteiger partial charge in [-0.2, -0.15) is 5.10 Å². The lowest BCUT2D eigenvalue weighted by molar-refractivity contribution is 0.474. The molecule has 5 heteroatoms. The number of hydrogen-bond acceptors (Lipinski definition) is 5. The van der Waals surface area contributed by atoms with Crippen molar-refractivity contribution >= 4 is 22.2 Å². The molecule has 0 bridgehead atoms. The normalized spacial score (nSPS) is 11.5. The molecule has 0 spiro atoms. The molecule has 4 nitrogen and oxygen atoms in total. The zero-order valence-corrected chi connectivity index (χ0v) is 13.8. The van der Waals surface area contributed by atoms with Gasteiger partial charge < -0.3 is 5.11 Å². The molecule has 1 aromatic heterocycles. The number of phenolic OH excluding ortho intramolecular Hbond substituents is 1. The van der Waals surface area contributed by atoms with Crippen molar-refractivity contribution in [3.8, 4) is 17.0 Å². The van der Waals surface area contributed by atoms with Gasteiger partial charge in [-0.3, -0.25) is 5.43 Å². The number of nitrogens with zero attached hydrogens (tertiary/aromatic N) is 2. The molecule has 2 aromatic carbocycles. The maximum Gasteiger partial charge on any atom is 0.204 e. The second kappa shape index (κ2) is 6.62. The summed E-state index contributed by atoms with van der Waals surface area (Å²) in [7, 11) is 0. The number of hydrazone groups is 1. The highest BCUT2D eigenvalue weighted by molar-refractivity contribution is 7.16. The van der Waals surface area contributed by atoms with Crippen LogP contribution in [0.25, 0.3) is 11.3 Å².